The molecule has 0 radical (unpaired) electrons. The van der Waals surface area contributed by atoms with E-state index in [-0.39, 0.29) is 0 Å². The second kappa shape index (κ2) is 7.00. The monoisotopic (exact) mass is 435 g/mol. The molecular formula is C11H7F14NO. The SMILES string of the molecule is NC(=O)C=C(CC(F)(F)C(F)(F)C(F)(F)F)CC(F)(F)C(F)(F)C(F)(F)F. The maximum absolute atomic E-state index is 13.2. The van der Waals surface area contributed by atoms with Crippen molar-refractivity contribution < 1.29 is 66.3 Å². The number of hydrogen-bond donors (Lipinski definition) is 1. The van der Waals surface area contributed by atoms with Crippen molar-refractivity contribution in [3.63, 3.8) is 0 Å². The minimum atomic E-state index is -6.94. The van der Waals surface area contributed by atoms with Gasteiger partial charge in [-0.1, -0.05) is 5.57 Å². The van der Waals surface area contributed by atoms with Crippen LogP contribution in [0.25, 0.3) is 0 Å². The maximum atomic E-state index is 13.2. The van der Waals surface area contributed by atoms with Crippen LogP contribution in [0.5, 0.6) is 0 Å². The van der Waals surface area contributed by atoms with E-state index in [9.17, 15) is 66.3 Å². The zero-order valence-corrected chi connectivity index (χ0v) is 12.3. The zero-order chi connectivity index (χ0) is 22.3. The number of amides is 1. The van der Waals surface area contributed by atoms with Gasteiger partial charge in [0.15, 0.2) is 0 Å². The van der Waals surface area contributed by atoms with Gasteiger partial charge in [-0.25, -0.2) is 0 Å². The molecule has 27 heavy (non-hydrogen) atoms. The Morgan fingerprint density at radius 3 is 1.07 bits per heavy atom. The molecule has 0 heterocycles. The third-order valence-corrected chi connectivity index (χ3v) is 2.88. The van der Waals surface area contributed by atoms with Crippen LogP contribution in [0.2, 0.25) is 0 Å². The van der Waals surface area contributed by atoms with Crippen molar-refractivity contribution in [1.29, 1.82) is 0 Å². The first-order valence-electron chi connectivity index (χ1n) is 6.13. The molecule has 0 spiro atoms. The second-order valence-corrected chi connectivity index (χ2v) is 5.11. The van der Waals surface area contributed by atoms with Gasteiger partial charge < -0.3 is 5.73 Å². The van der Waals surface area contributed by atoms with E-state index in [4.69, 9.17) is 0 Å². The number of primary amides is 1. The fourth-order valence-electron chi connectivity index (χ4n) is 1.57. The summed E-state index contributed by atoms with van der Waals surface area (Å²) in [6.07, 6.45) is -20.8. The summed E-state index contributed by atoms with van der Waals surface area (Å²) < 4.78 is 175. The summed E-state index contributed by atoms with van der Waals surface area (Å²) in [5.41, 5.74) is 2.01. The number of nitrogens with two attached hydrogens (primary N) is 1. The van der Waals surface area contributed by atoms with Gasteiger partial charge in [0, 0.05) is 18.9 Å². The second-order valence-electron chi connectivity index (χ2n) is 5.11. The predicted octanol–water partition coefficient (Wildman–Crippen LogP) is 4.84. The molecule has 0 aliphatic rings. The highest BCUT2D eigenvalue weighted by Gasteiger charge is 2.75. The maximum Gasteiger partial charge on any atom is 0.459 e. The number of carbonyl (C=O) groups excluding carboxylic acids is 1. The molecule has 0 atom stereocenters. The van der Waals surface area contributed by atoms with E-state index < -0.39 is 66.4 Å². The van der Waals surface area contributed by atoms with Gasteiger partial charge in [-0.15, -0.1) is 0 Å². The Hall–Kier alpha value is -1.77. The molecule has 0 saturated heterocycles. The topological polar surface area (TPSA) is 43.1 Å². The lowest BCUT2D eigenvalue weighted by Gasteiger charge is -2.31. The molecule has 0 aromatic rings. The molecule has 0 bridgehead atoms. The normalized spacial score (nSPS) is 14.9. The van der Waals surface area contributed by atoms with Gasteiger partial charge in [-0.2, -0.15) is 61.5 Å². The smallest absolute Gasteiger partial charge is 0.366 e. The molecule has 0 aliphatic heterocycles. The van der Waals surface area contributed by atoms with Crippen molar-refractivity contribution in [2.45, 2.75) is 48.9 Å². The van der Waals surface area contributed by atoms with Crippen LogP contribution in [0.4, 0.5) is 61.5 Å². The van der Waals surface area contributed by atoms with Crippen LogP contribution in [-0.4, -0.2) is 41.9 Å². The average molecular weight is 435 g/mol. The fourth-order valence-corrected chi connectivity index (χ4v) is 1.57. The number of carbonyl (C=O) groups is 1. The van der Waals surface area contributed by atoms with Crippen LogP contribution < -0.4 is 5.73 Å². The van der Waals surface area contributed by atoms with Gasteiger partial charge in [0.05, 0.1) is 0 Å². The van der Waals surface area contributed by atoms with Crippen LogP contribution >= 0.6 is 0 Å². The molecule has 2 nitrogen and oxygen atoms in total. The summed E-state index contributed by atoms with van der Waals surface area (Å²) in [5, 5.41) is 0. The highest BCUT2D eigenvalue weighted by molar-refractivity contribution is 5.86. The van der Waals surface area contributed by atoms with Crippen molar-refractivity contribution >= 4 is 5.91 Å². The lowest BCUT2D eigenvalue weighted by molar-refractivity contribution is -0.357. The standard InChI is InChI=1S/C11H7F14NO/c12-6(13,8(16,17)10(20,21)22)2-4(1-5(26)27)3-7(14,15)9(18,19)11(23,24)25/h1H,2-3H2,(H2,26,27). The van der Waals surface area contributed by atoms with Crippen LogP contribution in [0, 0.1) is 0 Å². The minimum Gasteiger partial charge on any atom is -0.366 e. The lowest BCUT2D eigenvalue weighted by atomic mass is 9.94. The Labute approximate surface area is 140 Å². The summed E-state index contributed by atoms with van der Waals surface area (Å²) >= 11 is 0. The Morgan fingerprint density at radius 2 is 0.889 bits per heavy atom. The molecule has 0 aromatic carbocycles. The number of halogens is 14. The summed E-state index contributed by atoms with van der Waals surface area (Å²) in [6.45, 7) is 0. The summed E-state index contributed by atoms with van der Waals surface area (Å²) in [6, 6.07) is 0. The van der Waals surface area contributed by atoms with E-state index in [1.165, 1.54) is 0 Å². The third-order valence-electron chi connectivity index (χ3n) is 2.88. The Morgan fingerprint density at radius 1 is 0.630 bits per heavy atom. The van der Waals surface area contributed by atoms with E-state index in [1.54, 1.807) is 0 Å². The van der Waals surface area contributed by atoms with Gasteiger partial charge in [-0.05, 0) is 0 Å². The molecule has 0 aromatic heterocycles. The molecule has 0 rings (SSSR count). The molecule has 1 amide bonds. The molecule has 2 N–H and O–H groups in total. The first-order chi connectivity index (χ1) is 11.5. The first kappa shape index (κ1) is 25.2. The Balaban J connectivity index is 5.99. The molecule has 0 aliphatic carbocycles. The minimum absolute atomic E-state index is 0.666. The molecule has 160 valence electrons. The number of hydrogen-bond acceptors (Lipinski definition) is 1. The fraction of sp³-hybridized carbons (Fsp3) is 0.727. The predicted molar refractivity (Wildman–Crippen MR) is 58.4 cm³/mol. The van der Waals surface area contributed by atoms with Crippen LogP contribution in [0.1, 0.15) is 12.8 Å². The summed E-state index contributed by atoms with van der Waals surface area (Å²) in [4.78, 5) is 10.5. The highest BCUT2D eigenvalue weighted by Crippen LogP contribution is 2.52. The molecule has 0 fully saturated rings. The van der Waals surface area contributed by atoms with Crippen molar-refractivity contribution in [2.24, 2.45) is 5.73 Å². The molecule has 0 saturated carbocycles. The van der Waals surface area contributed by atoms with Crippen LogP contribution in [-0.2, 0) is 4.79 Å². The van der Waals surface area contributed by atoms with Gasteiger partial charge in [0.25, 0.3) is 0 Å². The number of alkyl halides is 14. The van der Waals surface area contributed by atoms with Crippen molar-refractivity contribution in [3.05, 3.63) is 11.6 Å². The Kier molecular flexibility index (Phi) is 6.54. The number of allylic oxidation sites excluding steroid dienone is 1. The van der Waals surface area contributed by atoms with E-state index >= 15 is 0 Å². The van der Waals surface area contributed by atoms with Crippen LogP contribution in [0.3, 0.4) is 0 Å². The van der Waals surface area contributed by atoms with Crippen molar-refractivity contribution in [1.82, 2.24) is 0 Å². The quantitative estimate of drug-likeness (QED) is 0.452. The van der Waals surface area contributed by atoms with E-state index in [0.29, 0.717) is 0 Å². The van der Waals surface area contributed by atoms with Gasteiger partial charge in [-0.3, -0.25) is 4.79 Å². The highest BCUT2D eigenvalue weighted by atomic mass is 19.4. The third kappa shape index (κ3) is 5.15. The summed E-state index contributed by atoms with van der Waals surface area (Å²) in [5.74, 6) is -28.4. The average Bonchev–Trinajstić information content (AvgIpc) is 2.33. The molecule has 16 heteroatoms. The summed E-state index contributed by atoms with van der Waals surface area (Å²) in [7, 11) is 0. The Bertz CT molecular complexity index is 543. The lowest BCUT2D eigenvalue weighted by Crippen LogP contribution is -2.53. The molecule has 0 unspecified atom stereocenters. The largest absolute Gasteiger partial charge is 0.459 e. The van der Waals surface area contributed by atoms with E-state index in [2.05, 4.69) is 5.73 Å². The van der Waals surface area contributed by atoms with Gasteiger partial charge >= 0.3 is 36.0 Å². The van der Waals surface area contributed by atoms with Gasteiger partial charge in [0.1, 0.15) is 0 Å². The first-order valence-corrected chi connectivity index (χ1v) is 6.13. The molecular weight excluding hydrogens is 428 g/mol. The van der Waals surface area contributed by atoms with E-state index in [1.807, 2.05) is 0 Å². The van der Waals surface area contributed by atoms with Crippen molar-refractivity contribution in [2.75, 3.05) is 0 Å². The zero-order valence-electron chi connectivity index (χ0n) is 12.3. The van der Waals surface area contributed by atoms with Crippen molar-refractivity contribution in [3.8, 4) is 0 Å². The van der Waals surface area contributed by atoms with E-state index in [0.717, 1.165) is 0 Å². The van der Waals surface area contributed by atoms with Gasteiger partial charge in [0.2, 0.25) is 5.91 Å². The number of rotatable bonds is 7. The van der Waals surface area contributed by atoms with Crippen LogP contribution in [0.15, 0.2) is 11.6 Å².